The van der Waals surface area contributed by atoms with E-state index in [1.807, 2.05) is 6.07 Å². The minimum absolute atomic E-state index is 0.00612. The number of carbonyl (C=O) groups is 2. The highest BCUT2D eigenvalue weighted by Gasteiger charge is 2.32. The third kappa shape index (κ3) is 7.06. The number of piperidine rings is 1. The molecule has 0 unspecified atom stereocenters. The molecule has 3 rings (SSSR count). The maximum atomic E-state index is 13.1. The van der Waals surface area contributed by atoms with Crippen LogP contribution in [0.2, 0.25) is 0 Å². The van der Waals surface area contributed by atoms with Crippen LogP contribution in [0.3, 0.4) is 0 Å². The van der Waals surface area contributed by atoms with Crippen LogP contribution in [0, 0.1) is 17.8 Å². The van der Waals surface area contributed by atoms with Crippen molar-refractivity contribution in [2.45, 2.75) is 84.3 Å². The molecule has 1 aliphatic heterocycles. The molecule has 172 valence electrons. The normalized spacial score (nSPS) is 24.9. The summed E-state index contributed by atoms with van der Waals surface area (Å²) in [4.78, 5) is 28.4. The van der Waals surface area contributed by atoms with Gasteiger partial charge in [-0.05, 0) is 55.9 Å². The molecule has 1 saturated heterocycles. The van der Waals surface area contributed by atoms with E-state index in [9.17, 15) is 9.59 Å². The zero-order valence-electron chi connectivity index (χ0n) is 19.6. The summed E-state index contributed by atoms with van der Waals surface area (Å²) in [5.41, 5.74) is 1.33. The first-order chi connectivity index (χ1) is 15.0. The smallest absolute Gasteiger partial charge is 0.243 e. The topological polar surface area (TPSA) is 61.4 Å². The largest absolute Gasteiger partial charge is 0.351 e. The van der Waals surface area contributed by atoms with E-state index in [0.717, 1.165) is 64.6 Å². The number of hydrogen-bond donors (Lipinski definition) is 2. The van der Waals surface area contributed by atoms with Gasteiger partial charge in [0.15, 0.2) is 0 Å². The lowest BCUT2D eigenvalue weighted by Crippen LogP contribution is -2.55. The Balaban J connectivity index is 1.48. The molecule has 1 aliphatic carbocycles. The van der Waals surface area contributed by atoms with Gasteiger partial charge in [0.1, 0.15) is 6.04 Å². The summed E-state index contributed by atoms with van der Waals surface area (Å²) in [5, 5.41) is 6.38. The van der Waals surface area contributed by atoms with Crippen molar-refractivity contribution >= 4 is 11.8 Å². The minimum atomic E-state index is -0.431. The van der Waals surface area contributed by atoms with Gasteiger partial charge in [-0.15, -0.1) is 0 Å². The lowest BCUT2D eigenvalue weighted by Gasteiger charge is -2.34. The molecular weight excluding hydrogens is 386 g/mol. The summed E-state index contributed by atoms with van der Waals surface area (Å²) in [7, 11) is 0. The molecule has 2 fully saturated rings. The van der Waals surface area contributed by atoms with E-state index in [0.29, 0.717) is 5.92 Å². The molecule has 1 saturated carbocycles. The summed E-state index contributed by atoms with van der Waals surface area (Å²) >= 11 is 0. The molecular formula is C26H41N3O2. The van der Waals surface area contributed by atoms with E-state index in [-0.39, 0.29) is 29.7 Å². The highest BCUT2D eigenvalue weighted by atomic mass is 16.2. The Labute approximate surface area is 188 Å². The monoisotopic (exact) mass is 427 g/mol. The van der Waals surface area contributed by atoms with Crippen LogP contribution in [0.1, 0.15) is 71.3 Å². The number of nitrogens with zero attached hydrogens (tertiary/aromatic N) is 1. The maximum absolute atomic E-state index is 13.1. The van der Waals surface area contributed by atoms with Gasteiger partial charge in [-0.25, -0.2) is 0 Å². The summed E-state index contributed by atoms with van der Waals surface area (Å²) < 4.78 is 0. The van der Waals surface area contributed by atoms with Crippen LogP contribution in [0.25, 0.3) is 0 Å². The van der Waals surface area contributed by atoms with Crippen LogP contribution >= 0.6 is 0 Å². The van der Waals surface area contributed by atoms with Gasteiger partial charge in [0, 0.05) is 31.6 Å². The lowest BCUT2D eigenvalue weighted by molar-refractivity contribution is -0.133. The van der Waals surface area contributed by atoms with Crippen LogP contribution < -0.4 is 10.6 Å². The molecule has 5 nitrogen and oxygen atoms in total. The Bertz CT molecular complexity index is 692. The van der Waals surface area contributed by atoms with Crippen molar-refractivity contribution in [3.05, 3.63) is 35.9 Å². The SMILES string of the molecule is CC[C@@H](C)[C@H](NC(=O)C1CCC(C)CC1)C(=O)NC1CCN(Cc2ccccc2)CC1. The lowest BCUT2D eigenvalue weighted by atomic mass is 9.82. The van der Waals surface area contributed by atoms with Crippen LogP contribution in [0.15, 0.2) is 30.3 Å². The molecule has 2 N–H and O–H groups in total. The second-order valence-electron chi connectivity index (χ2n) is 9.87. The predicted molar refractivity (Wildman–Crippen MR) is 125 cm³/mol. The molecule has 2 aliphatic rings. The first kappa shape index (κ1) is 23.8. The Kier molecular flexibility index (Phi) is 8.94. The van der Waals surface area contributed by atoms with Crippen molar-refractivity contribution in [1.82, 2.24) is 15.5 Å². The summed E-state index contributed by atoms with van der Waals surface area (Å²) in [6.07, 6.45) is 6.90. The minimum Gasteiger partial charge on any atom is -0.351 e. The maximum Gasteiger partial charge on any atom is 0.243 e. The molecule has 31 heavy (non-hydrogen) atoms. The van der Waals surface area contributed by atoms with E-state index in [1.165, 1.54) is 5.56 Å². The van der Waals surface area contributed by atoms with Crippen LogP contribution in [0.4, 0.5) is 0 Å². The van der Waals surface area contributed by atoms with Crippen LogP contribution in [0.5, 0.6) is 0 Å². The van der Waals surface area contributed by atoms with Gasteiger partial charge in [0.05, 0.1) is 0 Å². The molecule has 0 spiro atoms. The molecule has 0 aromatic heterocycles. The third-order valence-corrected chi connectivity index (χ3v) is 7.36. The summed E-state index contributed by atoms with van der Waals surface area (Å²) in [6.45, 7) is 9.35. The number of nitrogens with one attached hydrogen (secondary N) is 2. The van der Waals surface area contributed by atoms with Gasteiger partial charge >= 0.3 is 0 Å². The summed E-state index contributed by atoms with van der Waals surface area (Å²) in [6, 6.07) is 10.3. The quantitative estimate of drug-likeness (QED) is 0.656. The Morgan fingerprint density at radius 2 is 1.68 bits per heavy atom. The van der Waals surface area contributed by atoms with Gasteiger partial charge in [-0.3, -0.25) is 14.5 Å². The van der Waals surface area contributed by atoms with E-state index in [2.05, 4.69) is 60.6 Å². The summed E-state index contributed by atoms with van der Waals surface area (Å²) in [5.74, 6) is 0.977. The number of amides is 2. The van der Waals surface area contributed by atoms with E-state index < -0.39 is 6.04 Å². The second kappa shape index (κ2) is 11.7. The highest BCUT2D eigenvalue weighted by Crippen LogP contribution is 2.28. The number of benzene rings is 1. The molecule has 1 heterocycles. The Hall–Kier alpha value is -1.88. The average Bonchev–Trinajstić information content (AvgIpc) is 2.79. The number of carbonyl (C=O) groups excluding carboxylic acids is 2. The van der Waals surface area contributed by atoms with Crippen LogP contribution in [-0.4, -0.2) is 41.9 Å². The molecule has 2 atom stereocenters. The predicted octanol–water partition coefficient (Wildman–Crippen LogP) is 4.12. The van der Waals surface area contributed by atoms with Crippen molar-refractivity contribution in [2.75, 3.05) is 13.1 Å². The molecule has 5 heteroatoms. The van der Waals surface area contributed by atoms with Crippen molar-refractivity contribution < 1.29 is 9.59 Å². The van der Waals surface area contributed by atoms with Crippen molar-refractivity contribution in [1.29, 1.82) is 0 Å². The third-order valence-electron chi connectivity index (χ3n) is 7.36. The van der Waals surface area contributed by atoms with Crippen LogP contribution in [-0.2, 0) is 16.1 Å². The fourth-order valence-electron chi connectivity index (χ4n) is 4.86. The fraction of sp³-hybridized carbons (Fsp3) is 0.692. The Morgan fingerprint density at radius 3 is 2.29 bits per heavy atom. The first-order valence-electron chi connectivity index (χ1n) is 12.3. The zero-order chi connectivity index (χ0) is 22.2. The van der Waals surface area contributed by atoms with Gasteiger partial charge in [-0.2, -0.15) is 0 Å². The molecule has 0 bridgehead atoms. The number of hydrogen-bond acceptors (Lipinski definition) is 3. The van der Waals surface area contributed by atoms with E-state index in [1.54, 1.807) is 0 Å². The van der Waals surface area contributed by atoms with E-state index in [4.69, 9.17) is 0 Å². The standard InChI is InChI=1S/C26H41N3O2/c1-4-20(3)24(28-25(30)22-12-10-19(2)11-13-22)26(31)27-23-14-16-29(17-15-23)18-21-8-6-5-7-9-21/h5-9,19-20,22-24H,4,10-18H2,1-3H3,(H,27,31)(H,28,30)/t19?,20-,22?,24+/m1/s1. The average molecular weight is 428 g/mol. The molecule has 1 aromatic rings. The Morgan fingerprint density at radius 1 is 1.03 bits per heavy atom. The van der Waals surface area contributed by atoms with Gasteiger partial charge < -0.3 is 10.6 Å². The molecule has 2 amide bonds. The number of rotatable bonds is 8. The van der Waals surface area contributed by atoms with Gasteiger partial charge in [-0.1, -0.05) is 57.5 Å². The van der Waals surface area contributed by atoms with E-state index >= 15 is 0 Å². The second-order valence-corrected chi connectivity index (χ2v) is 9.87. The number of likely N-dealkylation sites (tertiary alicyclic amines) is 1. The zero-order valence-corrected chi connectivity index (χ0v) is 19.6. The van der Waals surface area contributed by atoms with Crippen molar-refractivity contribution in [2.24, 2.45) is 17.8 Å². The van der Waals surface area contributed by atoms with Gasteiger partial charge in [0.2, 0.25) is 11.8 Å². The van der Waals surface area contributed by atoms with Crippen molar-refractivity contribution in [3.63, 3.8) is 0 Å². The fourth-order valence-corrected chi connectivity index (χ4v) is 4.86. The first-order valence-corrected chi connectivity index (χ1v) is 12.3. The highest BCUT2D eigenvalue weighted by molar-refractivity contribution is 5.88. The molecule has 1 aromatic carbocycles. The van der Waals surface area contributed by atoms with Gasteiger partial charge in [0.25, 0.3) is 0 Å². The molecule has 0 radical (unpaired) electrons. The van der Waals surface area contributed by atoms with Crippen molar-refractivity contribution in [3.8, 4) is 0 Å².